The van der Waals surface area contributed by atoms with Gasteiger partial charge in [0.1, 0.15) is 6.42 Å². The first-order chi connectivity index (χ1) is 10.6. The number of hydrogen-bond donors (Lipinski definition) is 0. The van der Waals surface area contributed by atoms with Gasteiger partial charge in [0, 0.05) is 12.5 Å². The van der Waals surface area contributed by atoms with Gasteiger partial charge in [-0.3, -0.25) is 9.59 Å². The van der Waals surface area contributed by atoms with Crippen LogP contribution in [0.1, 0.15) is 23.7 Å². The fourth-order valence-corrected chi connectivity index (χ4v) is 1.85. The highest BCUT2D eigenvalue weighted by Gasteiger charge is 2.20. The summed E-state index contributed by atoms with van der Waals surface area (Å²) in [7, 11) is 0. The molecular formula is C17H15NO4. The summed E-state index contributed by atoms with van der Waals surface area (Å²) in [6.07, 6.45) is -0.430. The van der Waals surface area contributed by atoms with Crippen molar-refractivity contribution in [3.8, 4) is 0 Å². The number of amides is 1. The van der Waals surface area contributed by atoms with E-state index in [0.717, 1.165) is 5.06 Å². The van der Waals surface area contributed by atoms with Gasteiger partial charge in [0.25, 0.3) is 5.91 Å². The molecule has 0 radical (unpaired) electrons. The fourth-order valence-electron chi connectivity index (χ4n) is 1.85. The lowest BCUT2D eigenvalue weighted by molar-refractivity contribution is -0.149. The molecule has 22 heavy (non-hydrogen) atoms. The van der Waals surface area contributed by atoms with Crippen molar-refractivity contribution >= 4 is 23.3 Å². The van der Waals surface area contributed by atoms with Crippen LogP contribution in [0.3, 0.4) is 0 Å². The lowest BCUT2D eigenvalue weighted by Gasteiger charge is -2.19. The summed E-state index contributed by atoms with van der Waals surface area (Å²) in [5, 5.41) is 0.876. The van der Waals surface area contributed by atoms with Crippen LogP contribution < -0.4 is 5.06 Å². The summed E-state index contributed by atoms with van der Waals surface area (Å²) in [5.41, 5.74) is 0.851. The molecule has 2 aromatic rings. The van der Waals surface area contributed by atoms with Gasteiger partial charge < -0.3 is 4.84 Å². The summed E-state index contributed by atoms with van der Waals surface area (Å²) in [4.78, 5) is 40.4. The van der Waals surface area contributed by atoms with E-state index in [4.69, 9.17) is 4.84 Å². The SMILES string of the molecule is CC(=O)N(OC(=O)CC(=O)c1ccccc1)c1ccccc1. The Morgan fingerprint density at radius 3 is 2.00 bits per heavy atom. The standard InChI is InChI=1S/C17H15NO4/c1-13(19)18(15-10-6-3-7-11-15)22-17(21)12-16(20)14-8-4-2-5-9-14/h2-11H,12H2,1H3. The number of benzene rings is 2. The molecule has 0 aliphatic heterocycles. The molecule has 0 aromatic heterocycles. The molecule has 1 amide bonds. The Kier molecular flexibility index (Phi) is 5.03. The number of carbonyl (C=O) groups is 3. The van der Waals surface area contributed by atoms with Crippen LogP contribution in [-0.2, 0) is 14.4 Å². The van der Waals surface area contributed by atoms with Gasteiger partial charge in [0.05, 0.1) is 5.69 Å². The summed E-state index contributed by atoms with van der Waals surface area (Å²) in [6, 6.07) is 16.9. The van der Waals surface area contributed by atoms with Gasteiger partial charge in [-0.25, -0.2) is 4.79 Å². The third kappa shape index (κ3) is 4.02. The number of ketones is 1. The molecule has 5 nitrogen and oxygen atoms in total. The minimum absolute atomic E-state index is 0.359. The van der Waals surface area contributed by atoms with Crippen molar-refractivity contribution in [3.63, 3.8) is 0 Å². The van der Waals surface area contributed by atoms with E-state index in [1.54, 1.807) is 60.7 Å². The first-order valence-corrected chi connectivity index (χ1v) is 6.72. The molecule has 0 saturated heterocycles. The minimum Gasteiger partial charge on any atom is -0.333 e. The van der Waals surface area contributed by atoms with Gasteiger partial charge >= 0.3 is 5.97 Å². The van der Waals surface area contributed by atoms with Crippen LogP contribution in [0.25, 0.3) is 0 Å². The average molecular weight is 297 g/mol. The monoisotopic (exact) mass is 297 g/mol. The molecule has 0 bridgehead atoms. The third-order valence-corrected chi connectivity index (χ3v) is 2.87. The predicted molar refractivity (Wildman–Crippen MR) is 81.1 cm³/mol. The maximum Gasteiger partial charge on any atom is 0.340 e. The molecule has 0 saturated carbocycles. The van der Waals surface area contributed by atoms with E-state index in [9.17, 15) is 14.4 Å². The lowest BCUT2D eigenvalue weighted by atomic mass is 10.1. The third-order valence-electron chi connectivity index (χ3n) is 2.87. The van der Waals surface area contributed by atoms with Crippen LogP contribution in [0, 0.1) is 0 Å². The molecule has 0 fully saturated rings. The molecule has 0 aliphatic rings. The van der Waals surface area contributed by atoms with E-state index in [-0.39, 0.29) is 5.78 Å². The fraction of sp³-hybridized carbons (Fsp3) is 0.118. The van der Waals surface area contributed by atoms with Crippen LogP contribution in [0.2, 0.25) is 0 Å². The van der Waals surface area contributed by atoms with Crippen LogP contribution in [0.15, 0.2) is 60.7 Å². The maximum atomic E-state index is 11.9. The zero-order valence-corrected chi connectivity index (χ0v) is 12.1. The first kappa shape index (κ1) is 15.4. The van der Waals surface area contributed by atoms with Crippen LogP contribution in [-0.4, -0.2) is 17.7 Å². The summed E-state index contributed by atoms with van der Waals surface area (Å²) in [5.74, 6) is -1.60. The molecule has 0 spiro atoms. The normalized spacial score (nSPS) is 9.86. The van der Waals surface area contributed by atoms with E-state index >= 15 is 0 Å². The molecule has 0 unspecified atom stereocenters. The number of hydrogen-bond acceptors (Lipinski definition) is 4. The summed E-state index contributed by atoms with van der Waals surface area (Å²) in [6.45, 7) is 1.28. The van der Waals surface area contributed by atoms with Crippen molar-refractivity contribution in [3.05, 3.63) is 66.2 Å². The maximum absolute atomic E-state index is 11.9. The van der Waals surface area contributed by atoms with E-state index in [0.29, 0.717) is 11.3 Å². The Balaban J connectivity index is 2.03. The molecule has 2 aromatic carbocycles. The molecule has 5 heteroatoms. The number of anilines is 1. The van der Waals surface area contributed by atoms with Crippen molar-refractivity contribution < 1.29 is 19.2 Å². The van der Waals surface area contributed by atoms with Crippen molar-refractivity contribution in [1.29, 1.82) is 0 Å². The Morgan fingerprint density at radius 1 is 0.909 bits per heavy atom. The van der Waals surface area contributed by atoms with Crippen LogP contribution in [0.4, 0.5) is 5.69 Å². The first-order valence-electron chi connectivity index (χ1n) is 6.72. The highest BCUT2D eigenvalue weighted by atomic mass is 16.7. The van der Waals surface area contributed by atoms with Crippen LogP contribution >= 0.6 is 0 Å². The molecule has 0 N–H and O–H groups in total. The van der Waals surface area contributed by atoms with Crippen molar-refractivity contribution in [2.75, 3.05) is 5.06 Å². The number of nitrogens with zero attached hydrogens (tertiary/aromatic N) is 1. The molecule has 0 heterocycles. The van der Waals surface area contributed by atoms with E-state index < -0.39 is 18.3 Å². The number of rotatable bonds is 4. The van der Waals surface area contributed by atoms with Crippen molar-refractivity contribution in [2.45, 2.75) is 13.3 Å². The second-order valence-corrected chi connectivity index (χ2v) is 4.58. The Morgan fingerprint density at radius 2 is 1.45 bits per heavy atom. The largest absolute Gasteiger partial charge is 0.340 e. The van der Waals surface area contributed by atoms with Gasteiger partial charge in [-0.05, 0) is 12.1 Å². The number of Topliss-reactive ketones (excluding diaryl/α,β-unsaturated/α-hetero) is 1. The summed E-state index contributed by atoms with van der Waals surface area (Å²) >= 11 is 0. The zero-order chi connectivity index (χ0) is 15.9. The predicted octanol–water partition coefficient (Wildman–Crippen LogP) is 2.77. The Labute approximate surface area is 128 Å². The van der Waals surface area contributed by atoms with E-state index in [1.165, 1.54) is 6.92 Å². The van der Waals surface area contributed by atoms with E-state index in [2.05, 4.69) is 0 Å². The van der Waals surface area contributed by atoms with Gasteiger partial charge in [0.2, 0.25) is 0 Å². The second kappa shape index (κ2) is 7.17. The van der Waals surface area contributed by atoms with Crippen molar-refractivity contribution in [2.24, 2.45) is 0 Å². The summed E-state index contributed by atoms with van der Waals surface area (Å²) < 4.78 is 0. The molecule has 0 atom stereocenters. The number of carbonyl (C=O) groups excluding carboxylic acids is 3. The topological polar surface area (TPSA) is 63.7 Å². The lowest BCUT2D eigenvalue weighted by Crippen LogP contribution is -2.32. The van der Waals surface area contributed by atoms with Gasteiger partial charge in [-0.2, -0.15) is 0 Å². The zero-order valence-electron chi connectivity index (χ0n) is 12.1. The van der Waals surface area contributed by atoms with Gasteiger partial charge in [0.15, 0.2) is 5.78 Å². The van der Waals surface area contributed by atoms with E-state index in [1.807, 2.05) is 0 Å². The van der Waals surface area contributed by atoms with Gasteiger partial charge in [-0.1, -0.05) is 48.5 Å². The smallest absolute Gasteiger partial charge is 0.333 e. The quantitative estimate of drug-likeness (QED) is 0.494. The minimum atomic E-state index is -0.784. The molecule has 2 rings (SSSR count). The highest BCUT2D eigenvalue weighted by molar-refractivity contribution is 6.06. The Bertz CT molecular complexity index is 668. The van der Waals surface area contributed by atoms with Crippen LogP contribution in [0.5, 0.6) is 0 Å². The highest BCUT2D eigenvalue weighted by Crippen LogP contribution is 2.15. The Hall–Kier alpha value is -2.95. The number of hydroxylamine groups is 1. The molecule has 0 aliphatic carbocycles. The van der Waals surface area contributed by atoms with Gasteiger partial charge in [-0.15, -0.1) is 5.06 Å². The molecule has 112 valence electrons. The average Bonchev–Trinajstić information content (AvgIpc) is 2.54. The van der Waals surface area contributed by atoms with Crippen molar-refractivity contribution in [1.82, 2.24) is 0 Å². The number of para-hydroxylation sites is 1. The second-order valence-electron chi connectivity index (χ2n) is 4.58. The molecular weight excluding hydrogens is 282 g/mol.